The number of benzene rings is 1. The lowest BCUT2D eigenvalue weighted by Gasteiger charge is -2.18. The fourth-order valence-corrected chi connectivity index (χ4v) is 1.74. The molecule has 3 atom stereocenters. The molecule has 4 heteroatoms. The Morgan fingerprint density at radius 1 is 1.29 bits per heavy atom. The summed E-state index contributed by atoms with van der Waals surface area (Å²) in [5.41, 5.74) is 0.557. The Labute approximate surface area is 101 Å². The van der Waals surface area contributed by atoms with E-state index in [0.29, 0.717) is 18.5 Å². The third-order valence-electron chi connectivity index (χ3n) is 2.59. The highest BCUT2D eigenvalue weighted by molar-refractivity contribution is 5.18. The van der Waals surface area contributed by atoms with Crippen molar-refractivity contribution < 1.29 is 14.6 Å². The molecule has 0 amide bonds. The summed E-state index contributed by atoms with van der Waals surface area (Å²) in [6, 6.07) is 6.05. The normalized spacial score (nSPS) is 16.5. The van der Waals surface area contributed by atoms with E-state index >= 15 is 0 Å². The lowest BCUT2D eigenvalue weighted by atomic mass is 10.1. The van der Waals surface area contributed by atoms with Crippen molar-refractivity contribution in [1.29, 1.82) is 0 Å². The van der Waals surface area contributed by atoms with Gasteiger partial charge in [-0.3, -0.25) is 0 Å². The molecule has 17 heavy (non-hydrogen) atoms. The van der Waals surface area contributed by atoms with Crippen LogP contribution in [0.1, 0.15) is 31.9 Å². The molecule has 1 aromatic carbocycles. The molecule has 0 aliphatic rings. The van der Waals surface area contributed by atoms with Crippen LogP contribution in [0.5, 0.6) is 0 Å². The Hall–Kier alpha value is -0.970. The van der Waals surface area contributed by atoms with Crippen LogP contribution in [-0.4, -0.2) is 28.9 Å². The van der Waals surface area contributed by atoms with Gasteiger partial charge in [-0.1, -0.05) is 12.1 Å². The fourth-order valence-electron chi connectivity index (χ4n) is 1.74. The first-order valence-corrected chi connectivity index (χ1v) is 5.84. The molecule has 0 aliphatic carbocycles. The molecule has 0 spiro atoms. The third-order valence-corrected chi connectivity index (χ3v) is 2.59. The number of hydrogen-bond donors (Lipinski definition) is 3. The van der Waals surface area contributed by atoms with Gasteiger partial charge in [-0.2, -0.15) is 0 Å². The van der Waals surface area contributed by atoms with Crippen molar-refractivity contribution >= 4 is 0 Å². The van der Waals surface area contributed by atoms with Crippen molar-refractivity contribution in [3.8, 4) is 0 Å². The van der Waals surface area contributed by atoms with Gasteiger partial charge in [-0.25, -0.2) is 4.39 Å². The fraction of sp³-hybridized carbons (Fsp3) is 0.538. The van der Waals surface area contributed by atoms with Crippen molar-refractivity contribution in [2.75, 3.05) is 6.54 Å². The lowest BCUT2D eigenvalue weighted by Crippen LogP contribution is -2.32. The second kappa shape index (κ2) is 6.69. The van der Waals surface area contributed by atoms with Gasteiger partial charge in [-0.15, -0.1) is 0 Å². The first kappa shape index (κ1) is 14.1. The summed E-state index contributed by atoms with van der Waals surface area (Å²) in [5, 5.41) is 22.1. The zero-order chi connectivity index (χ0) is 12.8. The molecule has 0 aromatic heterocycles. The van der Waals surface area contributed by atoms with Gasteiger partial charge in [0.05, 0.1) is 12.2 Å². The first-order chi connectivity index (χ1) is 7.99. The molecule has 3 N–H and O–H groups in total. The van der Waals surface area contributed by atoms with E-state index < -0.39 is 6.10 Å². The van der Waals surface area contributed by atoms with E-state index in [1.54, 1.807) is 19.1 Å². The van der Waals surface area contributed by atoms with Crippen molar-refractivity contribution in [2.24, 2.45) is 0 Å². The zero-order valence-corrected chi connectivity index (χ0v) is 10.2. The average molecular weight is 241 g/mol. The maximum Gasteiger partial charge on any atom is 0.123 e. The number of nitrogens with one attached hydrogen (secondary N) is 1. The Bertz CT molecular complexity index is 344. The van der Waals surface area contributed by atoms with E-state index in [-0.39, 0.29) is 18.0 Å². The largest absolute Gasteiger partial charge is 0.393 e. The molecule has 96 valence electrons. The molecule has 0 fully saturated rings. The van der Waals surface area contributed by atoms with Crippen LogP contribution < -0.4 is 5.32 Å². The van der Waals surface area contributed by atoms with Gasteiger partial charge in [-0.05, 0) is 38.0 Å². The Kier molecular flexibility index (Phi) is 5.55. The molecule has 0 radical (unpaired) electrons. The minimum atomic E-state index is -0.734. The molecule has 0 saturated heterocycles. The number of aliphatic hydroxyl groups is 2. The van der Waals surface area contributed by atoms with E-state index in [1.165, 1.54) is 12.1 Å². The van der Waals surface area contributed by atoms with Crippen LogP contribution in [0.2, 0.25) is 0 Å². The second-order valence-corrected chi connectivity index (χ2v) is 4.46. The van der Waals surface area contributed by atoms with Gasteiger partial charge in [0, 0.05) is 12.6 Å². The van der Waals surface area contributed by atoms with Crippen molar-refractivity contribution in [1.82, 2.24) is 5.32 Å². The van der Waals surface area contributed by atoms with E-state index in [1.807, 2.05) is 6.92 Å². The van der Waals surface area contributed by atoms with Crippen LogP contribution in [0.25, 0.3) is 0 Å². The second-order valence-electron chi connectivity index (χ2n) is 4.46. The van der Waals surface area contributed by atoms with Gasteiger partial charge in [0.1, 0.15) is 5.82 Å². The van der Waals surface area contributed by atoms with Crippen LogP contribution in [0.3, 0.4) is 0 Å². The summed E-state index contributed by atoms with van der Waals surface area (Å²) < 4.78 is 12.9. The topological polar surface area (TPSA) is 52.5 Å². The van der Waals surface area contributed by atoms with Gasteiger partial charge < -0.3 is 15.5 Å². The minimum absolute atomic E-state index is 0.109. The van der Waals surface area contributed by atoms with Gasteiger partial charge in [0.15, 0.2) is 0 Å². The van der Waals surface area contributed by atoms with Crippen LogP contribution in [0.15, 0.2) is 24.3 Å². The van der Waals surface area contributed by atoms with Gasteiger partial charge in [0.25, 0.3) is 0 Å². The van der Waals surface area contributed by atoms with Crippen molar-refractivity contribution in [2.45, 2.75) is 38.5 Å². The highest BCUT2D eigenvalue weighted by atomic mass is 19.1. The Morgan fingerprint density at radius 3 is 2.59 bits per heavy atom. The molecular formula is C13H20FNO2. The number of rotatable bonds is 6. The molecule has 0 heterocycles. The van der Waals surface area contributed by atoms with Crippen LogP contribution in [-0.2, 0) is 0 Å². The number of halogens is 1. The van der Waals surface area contributed by atoms with E-state index in [0.717, 1.165) is 0 Å². The molecule has 1 aromatic rings. The maximum absolute atomic E-state index is 12.9. The minimum Gasteiger partial charge on any atom is -0.393 e. The SMILES string of the molecule is CC(O)CC(C)NCC(O)c1cccc(F)c1. The van der Waals surface area contributed by atoms with Crippen molar-refractivity contribution in [3.63, 3.8) is 0 Å². The number of aliphatic hydroxyl groups excluding tert-OH is 2. The predicted molar refractivity (Wildman–Crippen MR) is 65.1 cm³/mol. The van der Waals surface area contributed by atoms with E-state index in [4.69, 9.17) is 0 Å². The highest BCUT2D eigenvalue weighted by Crippen LogP contribution is 2.13. The first-order valence-electron chi connectivity index (χ1n) is 5.84. The molecule has 3 unspecified atom stereocenters. The van der Waals surface area contributed by atoms with E-state index in [2.05, 4.69) is 5.32 Å². The highest BCUT2D eigenvalue weighted by Gasteiger charge is 2.11. The lowest BCUT2D eigenvalue weighted by molar-refractivity contribution is 0.149. The average Bonchev–Trinajstić information content (AvgIpc) is 2.25. The van der Waals surface area contributed by atoms with Crippen LogP contribution in [0, 0.1) is 5.82 Å². The standard InChI is InChI=1S/C13H20FNO2/c1-9(6-10(2)16)15-8-13(17)11-4-3-5-12(14)7-11/h3-5,7,9-10,13,15-17H,6,8H2,1-2H3. The Balaban J connectivity index is 2.42. The smallest absolute Gasteiger partial charge is 0.123 e. The Morgan fingerprint density at radius 2 is 2.00 bits per heavy atom. The van der Waals surface area contributed by atoms with Crippen molar-refractivity contribution in [3.05, 3.63) is 35.6 Å². The molecule has 0 aliphatic heterocycles. The maximum atomic E-state index is 12.9. The monoisotopic (exact) mass is 241 g/mol. The third kappa shape index (κ3) is 5.26. The summed E-state index contributed by atoms with van der Waals surface area (Å²) >= 11 is 0. The summed E-state index contributed by atoms with van der Waals surface area (Å²) in [6.07, 6.45) is -0.485. The zero-order valence-electron chi connectivity index (χ0n) is 10.2. The van der Waals surface area contributed by atoms with E-state index in [9.17, 15) is 14.6 Å². The molecule has 3 nitrogen and oxygen atoms in total. The number of hydrogen-bond acceptors (Lipinski definition) is 3. The van der Waals surface area contributed by atoms with Crippen LogP contribution >= 0.6 is 0 Å². The summed E-state index contributed by atoms with van der Waals surface area (Å²) in [4.78, 5) is 0. The molecule has 0 bridgehead atoms. The van der Waals surface area contributed by atoms with Crippen LogP contribution in [0.4, 0.5) is 4.39 Å². The quantitative estimate of drug-likeness (QED) is 0.709. The van der Waals surface area contributed by atoms with Gasteiger partial charge in [0.2, 0.25) is 0 Å². The summed E-state index contributed by atoms with van der Waals surface area (Å²) in [5.74, 6) is -0.349. The molecule has 0 saturated carbocycles. The molecular weight excluding hydrogens is 221 g/mol. The summed E-state index contributed by atoms with van der Waals surface area (Å²) in [6.45, 7) is 4.00. The van der Waals surface area contributed by atoms with Gasteiger partial charge >= 0.3 is 0 Å². The molecule has 1 rings (SSSR count). The predicted octanol–water partition coefficient (Wildman–Crippen LogP) is 1.61. The summed E-state index contributed by atoms with van der Waals surface area (Å²) in [7, 11) is 0.